The minimum absolute atomic E-state index is 0.0449. The first-order valence-corrected chi connectivity index (χ1v) is 11.4. The molecule has 32 heavy (non-hydrogen) atoms. The number of halogens is 1. The molecule has 0 unspecified atom stereocenters. The van der Waals surface area contributed by atoms with Crippen molar-refractivity contribution < 1.29 is 13.9 Å². The predicted molar refractivity (Wildman–Crippen MR) is 130 cm³/mol. The molecule has 1 saturated heterocycles. The zero-order chi connectivity index (χ0) is 22.5. The van der Waals surface area contributed by atoms with Gasteiger partial charge in [0.25, 0.3) is 0 Å². The fraction of sp³-hybridized carbons (Fsp3) is 0.296. The summed E-state index contributed by atoms with van der Waals surface area (Å²) in [6.07, 6.45) is 7.02. The number of hydrogen-bond acceptors (Lipinski definition) is 4. The fourth-order valence-corrected chi connectivity index (χ4v) is 4.06. The van der Waals surface area contributed by atoms with Crippen LogP contribution in [0, 0.1) is 13.8 Å². The van der Waals surface area contributed by atoms with E-state index in [1.807, 2.05) is 62.4 Å². The van der Waals surface area contributed by atoms with Crippen LogP contribution in [-0.4, -0.2) is 18.9 Å². The number of carbonyl (C=O) groups excluding carboxylic acids is 1. The molecule has 3 aromatic rings. The van der Waals surface area contributed by atoms with Crippen molar-refractivity contribution in [1.82, 2.24) is 0 Å². The molecule has 0 amide bonds. The molecule has 0 N–H and O–H groups in total. The number of carbonyl (C=O) groups is 1. The van der Waals surface area contributed by atoms with Crippen molar-refractivity contribution in [2.45, 2.75) is 39.7 Å². The average molecular weight is 450 g/mol. The van der Waals surface area contributed by atoms with Gasteiger partial charge in [-0.3, -0.25) is 4.79 Å². The topological polar surface area (TPSA) is 42.7 Å². The average Bonchev–Trinajstić information content (AvgIpc) is 3.28. The Morgan fingerprint density at radius 2 is 1.72 bits per heavy atom. The second-order valence-corrected chi connectivity index (χ2v) is 8.63. The number of benzene rings is 2. The molecular formula is C27H28ClNO3. The summed E-state index contributed by atoms with van der Waals surface area (Å²) < 4.78 is 11.6. The lowest BCUT2D eigenvalue weighted by Crippen LogP contribution is -2.29. The first kappa shape index (κ1) is 22.2. The van der Waals surface area contributed by atoms with Gasteiger partial charge in [0.05, 0.1) is 0 Å². The van der Waals surface area contributed by atoms with Gasteiger partial charge in [-0.25, -0.2) is 0 Å². The van der Waals surface area contributed by atoms with Crippen LogP contribution in [0.4, 0.5) is 5.69 Å². The Morgan fingerprint density at radius 1 is 1.03 bits per heavy atom. The predicted octanol–water partition coefficient (Wildman–Crippen LogP) is 7.02. The highest BCUT2D eigenvalue weighted by Gasteiger charge is 2.11. The highest BCUT2D eigenvalue weighted by Crippen LogP contribution is 2.26. The van der Waals surface area contributed by atoms with Gasteiger partial charge in [0.15, 0.2) is 5.78 Å². The van der Waals surface area contributed by atoms with E-state index in [2.05, 4.69) is 4.90 Å². The molecule has 4 nitrogen and oxygen atoms in total. The smallest absolute Gasteiger partial charge is 0.185 e. The molecule has 0 spiro atoms. The van der Waals surface area contributed by atoms with Crippen LogP contribution >= 0.6 is 11.6 Å². The van der Waals surface area contributed by atoms with E-state index < -0.39 is 0 Å². The lowest BCUT2D eigenvalue weighted by molar-refractivity contribution is 0.104. The van der Waals surface area contributed by atoms with E-state index in [0.717, 1.165) is 35.0 Å². The third kappa shape index (κ3) is 5.43. The van der Waals surface area contributed by atoms with Crippen molar-refractivity contribution in [3.63, 3.8) is 0 Å². The van der Waals surface area contributed by atoms with Gasteiger partial charge in [0.2, 0.25) is 0 Å². The van der Waals surface area contributed by atoms with Gasteiger partial charge in [-0.2, -0.15) is 0 Å². The number of ketones is 1. The Bertz CT molecular complexity index is 1090. The van der Waals surface area contributed by atoms with Crippen molar-refractivity contribution >= 4 is 29.1 Å². The van der Waals surface area contributed by atoms with Crippen LogP contribution in [0.2, 0.25) is 5.02 Å². The van der Waals surface area contributed by atoms with Crippen LogP contribution in [-0.2, 0) is 6.61 Å². The highest BCUT2D eigenvalue weighted by molar-refractivity contribution is 6.32. The van der Waals surface area contributed by atoms with Crippen molar-refractivity contribution in [3.05, 3.63) is 87.8 Å². The molecule has 0 radical (unpaired) electrons. The van der Waals surface area contributed by atoms with Crippen LogP contribution in [0.15, 0.2) is 59.0 Å². The Labute approximate surface area is 194 Å². The van der Waals surface area contributed by atoms with Gasteiger partial charge >= 0.3 is 0 Å². The van der Waals surface area contributed by atoms with Crippen LogP contribution in [0.25, 0.3) is 6.08 Å². The molecule has 5 heteroatoms. The molecule has 1 fully saturated rings. The van der Waals surface area contributed by atoms with E-state index >= 15 is 0 Å². The number of piperidine rings is 1. The van der Waals surface area contributed by atoms with Gasteiger partial charge in [-0.15, -0.1) is 0 Å². The molecule has 0 atom stereocenters. The van der Waals surface area contributed by atoms with E-state index in [-0.39, 0.29) is 5.78 Å². The van der Waals surface area contributed by atoms with Gasteiger partial charge in [-0.05, 0) is 105 Å². The van der Waals surface area contributed by atoms with Crippen LogP contribution < -0.4 is 9.64 Å². The molecule has 1 aromatic heterocycles. The van der Waals surface area contributed by atoms with E-state index in [1.165, 1.54) is 24.9 Å². The molecule has 4 rings (SSSR count). The van der Waals surface area contributed by atoms with Crippen molar-refractivity contribution in [2.24, 2.45) is 0 Å². The zero-order valence-electron chi connectivity index (χ0n) is 18.6. The maximum atomic E-state index is 12.5. The summed E-state index contributed by atoms with van der Waals surface area (Å²) in [5, 5.41) is 0.758. The maximum Gasteiger partial charge on any atom is 0.185 e. The summed E-state index contributed by atoms with van der Waals surface area (Å²) in [4.78, 5) is 14.9. The third-order valence-electron chi connectivity index (χ3n) is 5.75. The Morgan fingerprint density at radius 3 is 2.41 bits per heavy atom. The second-order valence-electron chi connectivity index (χ2n) is 8.26. The van der Waals surface area contributed by atoms with Gasteiger partial charge in [-0.1, -0.05) is 11.6 Å². The normalized spacial score (nSPS) is 14.2. The first-order valence-electron chi connectivity index (χ1n) is 11.1. The largest absolute Gasteiger partial charge is 0.486 e. The summed E-state index contributed by atoms with van der Waals surface area (Å²) in [5.41, 5.74) is 3.82. The number of ether oxygens (including phenoxy) is 1. The summed E-state index contributed by atoms with van der Waals surface area (Å²) in [7, 11) is 0. The van der Waals surface area contributed by atoms with Gasteiger partial charge < -0.3 is 14.1 Å². The van der Waals surface area contributed by atoms with Crippen molar-refractivity contribution in [3.8, 4) is 5.75 Å². The van der Waals surface area contributed by atoms with E-state index in [4.69, 9.17) is 20.8 Å². The van der Waals surface area contributed by atoms with E-state index in [9.17, 15) is 4.79 Å². The standard InChI is InChI=1S/C27H28ClNO3/c1-19-16-25(17-20(2)27(19)28)31-18-24-11-10-23(32-24)12-13-26(30)21-6-8-22(9-7-21)29-14-4-3-5-15-29/h6-13,16-17H,3-5,14-15,18H2,1-2H3/b13-12+. The molecule has 166 valence electrons. The lowest BCUT2D eigenvalue weighted by Gasteiger charge is -2.28. The number of furan rings is 1. The number of rotatable bonds is 7. The number of allylic oxidation sites excluding steroid dienone is 1. The van der Waals surface area contributed by atoms with Gasteiger partial charge in [0, 0.05) is 29.4 Å². The third-order valence-corrected chi connectivity index (χ3v) is 6.34. The molecule has 0 aliphatic carbocycles. The summed E-state index contributed by atoms with van der Waals surface area (Å²) in [6, 6.07) is 15.4. The Kier molecular flexibility index (Phi) is 7.01. The Balaban J connectivity index is 1.33. The molecule has 2 aromatic carbocycles. The minimum atomic E-state index is -0.0449. The molecule has 2 heterocycles. The second kappa shape index (κ2) is 10.1. The fourth-order valence-electron chi connectivity index (χ4n) is 3.95. The quantitative estimate of drug-likeness (QED) is 0.287. The molecule has 1 aliphatic heterocycles. The monoisotopic (exact) mass is 449 g/mol. The highest BCUT2D eigenvalue weighted by atomic mass is 35.5. The number of nitrogens with zero attached hydrogens (tertiary/aromatic N) is 1. The molecular weight excluding hydrogens is 422 g/mol. The number of hydrogen-bond donors (Lipinski definition) is 0. The zero-order valence-corrected chi connectivity index (χ0v) is 19.3. The van der Waals surface area contributed by atoms with Crippen molar-refractivity contribution in [1.29, 1.82) is 0 Å². The number of anilines is 1. The van der Waals surface area contributed by atoms with Gasteiger partial charge in [0.1, 0.15) is 23.9 Å². The van der Waals surface area contributed by atoms with Crippen LogP contribution in [0.5, 0.6) is 5.75 Å². The summed E-state index contributed by atoms with van der Waals surface area (Å²) >= 11 is 6.21. The molecule has 0 saturated carbocycles. The minimum Gasteiger partial charge on any atom is -0.486 e. The Hall–Kier alpha value is -2.98. The first-order chi connectivity index (χ1) is 15.5. The molecule has 1 aliphatic rings. The SMILES string of the molecule is Cc1cc(OCc2ccc(/C=C/C(=O)c3ccc(N4CCCCC4)cc3)o2)cc(C)c1Cl. The van der Waals surface area contributed by atoms with E-state index in [0.29, 0.717) is 23.7 Å². The summed E-state index contributed by atoms with van der Waals surface area (Å²) in [6.45, 7) is 6.40. The van der Waals surface area contributed by atoms with Crippen molar-refractivity contribution in [2.75, 3.05) is 18.0 Å². The summed E-state index contributed by atoms with van der Waals surface area (Å²) in [5.74, 6) is 2.01. The molecule has 0 bridgehead atoms. The lowest BCUT2D eigenvalue weighted by atomic mass is 10.1. The van der Waals surface area contributed by atoms with E-state index in [1.54, 1.807) is 12.2 Å². The van der Waals surface area contributed by atoms with Crippen LogP contribution in [0.1, 0.15) is 52.3 Å². The van der Waals surface area contributed by atoms with Crippen LogP contribution in [0.3, 0.4) is 0 Å². The maximum absolute atomic E-state index is 12.5. The number of aryl methyl sites for hydroxylation is 2.